The van der Waals surface area contributed by atoms with Crippen LogP contribution in [-0.4, -0.2) is 32.9 Å². The lowest BCUT2D eigenvalue weighted by molar-refractivity contribution is 0.395. The lowest BCUT2D eigenvalue weighted by Gasteiger charge is -2.14. The molecule has 144 valence electrons. The first kappa shape index (κ1) is 19.6. The number of aromatic nitrogens is 3. The largest absolute Gasteiger partial charge is 0.315 e. The quantitative estimate of drug-likeness (QED) is 0.566. The highest BCUT2D eigenvalue weighted by Gasteiger charge is 2.19. The van der Waals surface area contributed by atoms with Gasteiger partial charge in [-0.1, -0.05) is 43.5 Å². The second kappa shape index (κ2) is 8.28. The number of imidazole rings is 1. The topological polar surface area (TPSA) is 42.5 Å². The molecule has 0 aliphatic heterocycles. The van der Waals surface area contributed by atoms with Crippen LogP contribution in [0.5, 0.6) is 0 Å². The second-order valence-corrected chi connectivity index (χ2v) is 7.71. The van der Waals surface area contributed by atoms with Gasteiger partial charge in [0.05, 0.1) is 11.4 Å². The average molecular weight is 387 g/mol. The molecule has 2 aromatic heterocycles. The summed E-state index contributed by atoms with van der Waals surface area (Å²) in [6.07, 6.45) is 3.39. The predicted octanol–water partition coefficient (Wildman–Crippen LogP) is 4.38. The van der Waals surface area contributed by atoms with Gasteiger partial charge in [-0.25, -0.2) is 9.38 Å². The summed E-state index contributed by atoms with van der Waals surface area (Å²) in [6.45, 7) is 5.67. The van der Waals surface area contributed by atoms with E-state index in [-0.39, 0.29) is 5.56 Å². The number of nitrogens with zero attached hydrogens (tertiary/aromatic N) is 4. The second-order valence-electron chi connectivity index (χ2n) is 7.27. The van der Waals surface area contributed by atoms with E-state index in [2.05, 4.69) is 16.4 Å². The van der Waals surface area contributed by atoms with Crippen molar-refractivity contribution in [2.75, 3.05) is 14.1 Å². The first-order chi connectivity index (χ1) is 12.9. The van der Waals surface area contributed by atoms with Crippen LogP contribution in [0.2, 0.25) is 5.02 Å². The van der Waals surface area contributed by atoms with Gasteiger partial charge in [-0.15, -0.1) is 0 Å². The highest BCUT2D eigenvalue weighted by molar-refractivity contribution is 6.30. The van der Waals surface area contributed by atoms with Crippen LogP contribution in [0.3, 0.4) is 0 Å². The Hall–Kier alpha value is -2.11. The zero-order valence-corrected chi connectivity index (χ0v) is 17.3. The Morgan fingerprint density at radius 1 is 1.15 bits per heavy atom. The van der Waals surface area contributed by atoms with Crippen LogP contribution in [0.25, 0.3) is 17.0 Å². The SMILES string of the molecule is CCCCCn1c(C)cc(=O)n2c(CN(C)C)c(-c3ccc(Cl)cc3)nc12. The van der Waals surface area contributed by atoms with Crippen LogP contribution in [0.1, 0.15) is 37.6 Å². The van der Waals surface area contributed by atoms with Crippen molar-refractivity contribution in [3.63, 3.8) is 0 Å². The predicted molar refractivity (Wildman–Crippen MR) is 112 cm³/mol. The fraction of sp³-hybridized carbons (Fsp3) is 0.429. The van der Waals surface area contributed by atoms with Gasteiger partial charge in [0, 0.05) is 35.4 Å². The van der Waals surface area contributed by atoms with E-state index in [1.165, 1.54) is 0 Å². The summed E-state index contributed by atoms with van der Waals surface area (Å²) in [5, 5.41) is 0.687. The molecule has 0 N–H and O–H groups in total. The minimum absolute atomic E-state index is 0.0289. The monoisotopic (exact) mass is 386 g/mol. The molecule has 27 heavy (non-hydrogen) atoms. The number of hydrogen-bond donors (Lipinski definition) is 0. The van der Waals surface area contributed by atoms with Crippen molar-refractivity contribution in [3.05, 3.63) is 57.1 Å². The fourth-order valence-electron chi connectivity index (χ4n) is 3.41. The summed E-state index contributed by atoms with van der Waals surface area (Å²) in [5.41, 5.74) is 3.64. The molecule has 3 aromatic rings. The van der Waals surface area contributed by atoms with Gasteiger partial charge in [0.1, 0.15) is 0 Å². The van der Waals surface area contributed by atoms with Crippen LogP contribution in [0.4, 0.5) is 0 Å². The van der Waals surface area contributed by atoms with E-state index >= 15 is 0 Å². The van der Waals surface area contributed by atoms with Crippen LogP contribution >= 0.6 is 11.6 Å². The zero-order chi connectivity index (χ0) is 19.6. The van der Waals surface area contributed by atoms with E-state index in [4.69, 9.17) is 16.6 Å². The summed E-state index contributed by atoms with van der Waals surface area (Å²) in [6, 6.07) is 9.35. The summed E-state index contributed by atoms with van der Waals surface area (Å²) >= 11 is 6.06. The van der Waals surface area contributed by atoms with Crippen LogP contribution in [0, 0.1) is 6.92 Å². The molecule has 0 spiro atoms. The van der Waals surface area contributed by atoms with Crippen molar-refractivity contribution in [2.45, 2.75) is 46.2 Å². The molecule has 0 fully saturated rings. The molecular weight excluding hydrogens is 360 g/mol. The fourth-order valence-corrected chi connectivity index (χ4v) is 3.54. The van der Waals surface area contributed by atoms with E-state index in [0.29, 0.717) is 11.6 Å². The molecule has 0 amide bonds. The van der Waals surface area contributed by atoms with Gasteiger partial charge >= 0.3 is 0 Å². The van der Waals surface area contributed by atoms with Crippen molar-refractivity contribution >= 4 is 17.4 Å². The van der Waals surface area contributed by atoms with E-state index in [0.717, 1.165) is 54.2 Å². The van der Waals surface area contributed by atoms with Crippen LogP contribution in [0.15, 0.2) is 35.1 Å². The van der Waals surface area contributed by atoms with E-state index in [1.807, 2.05) is 45.3 Å². The van der Waals surface area contributed by atoms with Crippen LogP contribution < -0.4 is 5.56 Å². The molecular formula is C21H27ClN4O. The third-order valence-corrected chi connectivity index (χ3v) is 5.00. The van der Waals surface area contributed by atoms with Gasteiger partial charge in [0.25, 0.3) is 5.56 Å². The lowest BCUT2D eigenvalue weighted by Crippen LogP contribution is -2.23. The number of rotatable bonds is 7. The molecule has 1 aromatic carbocycles. The summed E-state index contributed by atoms with van der Waals surface area (Å²) in [5.74, 6) is 0.720. The highest BCUT2D eigenvalue weighted by Crippen LogP contribution is 2.26. The van der Waals surface area contributed by atoms with E-state index in [9.17, 15) is 4.79 Å². The molecule has 0 unspecified atom stereocenters. The molecule has 6 heteroatoms. The molecule has 0 aliphatic carbocycles. The number of hydrogen-bond acceptors (Lipinski definition) is 3. The van der Waals surface area contributed by atoms with E-state index < -0.39 is 0 Å². The normalized spacial score (nSPS) is 11.6. The maximum Gasteiger partial charge on any atom is 0.259 e. The third kappa shape index (κ3) is 4.09. The minimum atomic E-state index is -0.0289. The van der Waals surface area contributed by atoms with Gasteiger partial charge in [-0.3, -0.25) is 4.79 Å². The molecule has 0 saturated heterocycles. The lowest BCUT2D eigenvalue weighted by atomic mass is 10.1. The van der Waals surface area contributed by atoms with Gasteiger partial charge in [-0.2, -0.15) is 0 Å². The van der Waals surface area contributed by atoms with Gasteiger partial charge < -0.3 is 9.47 Å². The van der Waals surface area contributed by atoms with Gasteiger partial charge in [-0.05, 0) is 39.6 Å². The molecule has 0 atom stereocenters. The zero-order valence-electron chi connectivity index (χ0n) is 16.5. The maximum absolute atomic E-state index is 12.9. The Kier molecular flexibility index (Phi) is 6.02. The molecule has 2 heterocycles. The Morgan fingerprint density at radius 2 is 1.85 bits per heavy atom. The van der Waals surface area contributed by atoms with Crippen molar-refractivity contribution in [1.29, 1.82) is 0 Å². The first-order valence-corrected chi connectivity index (χ1v) is 9.82. The van der Waals surface area contributed by atoms with E-state index in [1.54, 1.807) is 10.5 Å². The third-order valence-electron chi connectivity index (χ3n) is 4.74. The molecule has 0 radical (unpaired) electrons. The maximum atomic E-state index is 12.9. The van der Waals surface area contributed by atoms with Crippen LogP contribution in [-0.2, 0) is 13.1 Å². The van der Waals surface area contributed by atoms with Crippen molar-refractivity contribution < 1.29 is 0 Å². The number of unbranched alkanes of at least 4 members (excludes halogenated alkanes) is 2. The molecule has 5 nitrogen and oxygen atoms in total. The number of aryl methyl sites for hydroxylation is 2. The molecule has 0 aliphatic rings. The Morgan fingerprint density at radius 3 is 2.48 bits per heavy atom. The first-order valence-electron chi connectivity index (χ1n) is 9.44. The minimum Gasteiger partial charge on any atom is -0.315 e. The summed E-state index contributed by atoms with van der Waals surface area (Å²) in [7, 11) is 4.00. The smallest absolute Gasteiger partial charge is 0.259 e. The molecule has 3 rings (SSSR count). The molecule has 0 bridgehead atoms. The highest BCUT2D eigenvalue weighted by atomic mass is 35.5. The van der Waals surface area contributed by atoms with Gasteiger partial charge in [0.15, 0.2) is 0 Å². The van der Waals surface area contributed by atoms with Crippen molar-refractivity contribution in [2.24, 2.45) is 0 Å². The Bertz CT molecular complexity index is 986. The number of fused-ring (bicyclic) bond motifs is 1. The van der Waals surface area contributed by atoms with Crippen molar-refractivity contribution in [1.82, 2.24) is 18.9 Å². The standard InChI is InChI=1S/C21H27ClN4O/c1-5-6-7-12-25-15(2)13-19(27)26-18(14-24(3)4)20(23-21(25)26)16-8-10-17(22)11-9-16/h8-11,13H,5-7,12,14H2,1-4H3. The number of halogens is 1. The van der Waals surface area contributed by atoms with Crippen molar-refractivity contribution in [3.8, 4) is 11.3 Å². The summed E-state index contributed by atoms with van der Waals surface area (Å²) in [4.78, 5) is 19.8. The van der Waals surface area contributed by atoms with Gasteiger partial charge in [0.2, 0.25) is 5.78 Å². The number of benzene rings is 1. The Balaban J connectivity index is 2.25. The molecule has 0 saturated carbocycles. The average Bonchev–Trinajstić information content (AvgIpc) is 2.97. The Labute approximate surface area is 165 Å². The summed E-state index contributed by atoms with van der Waals surface area (Å²) < 4.78 is 3.93.